The fraction of sp³-hybridized carbons (Fsp3) is 0.682. The molecule has 1 aromatic heterocycles. The van der Waals surface area contributed by atoms with Crippen LogP contribution in [0.3, 0.4) is 0 Å². The summed E-state index contributed by atoms with van der Waals surface area (Å²) >= 11 is 0. The molecule has 0 aromatic carbocycles. The molecule has 160 valence electrons. The number of aliphatic hydroxyl groups is 1. The highest BCUT2D eigenvalue weighted by molar-refractivity contribution is 5.85. The summed E-state index contributed by atoms with van der Waals surface area (Å²) in [4.78, 5) is 31.8. The third-order valence-electron chi connectivity index (χ3n) is 6.58. The molecular weight excluding hydrogens is 370 g/mol. The van der Waals surface area contributed by atoms with E-state index in [9.17, 15) is 19.8 Å². The number of aliphatic hydroxyl groups excluding tert-OH is 1. The molecular formula is C22H33N3O4. The van der Waals surface area contributed by atoms with Crippen LogP contribution >= 0.6 is 0 Å². The van der Waals surface area contributed by atoms with E-state index in [4.69, 9.17) is 0 Å². The molecule has 1 saturated heterocycles. The van der Waals surface area contributed by atoms with Gasteiger partial charge >= 0.3 is 5.97 Å². The Kier molecular flexibility index (Phi) is 6.58. The fourth-order valence-electron chi connectivity index (χ4n) is 5.16. The van der Waals surface area contributed by atoms with Gasteiger partial charge in [-0.3, -0.25) is 19.5 Å². The second kappa shape index (κ2) is 8.79. The van der Waals surface area contributed by atoms with Gasteiger partial charge in [0.1, 0.15) is 5.54 Å². The molecule has 3 atom stereocenters. The van der Waals surface area contributed by atoms with Crippen molar-refractivity contribution < 1.29 is 19.8 Å². The van der Waals surface area contributed by atoms with E-state index >= 15 is 0 Å². The number of hydrogen-bond acceptors (Lipinski definition) is 5. The van der Waals surface area contributed by atoms with Crippen LogP contribution in [0, 0.1) is 11.8 Å². The predicted octanol–water partition coefficient (Wildman–Crippen LogP) is 2.36. The van der Waals surface area contributed by atoms with Crippen molar-refractivity contribution in [2.75, 3.05) is 7.05 Å². The topological polar surface area (TPSA) is 103 Å². The van der Waals surface area contributed by atoms with Gasteiger partial charge in [-0.2, -0.15) is 0 Å². The number of pyridine rings is 1. The number of carbonyl (C=O) groups excluding carboxylic acids is 1. The lowest BCUT2D eigenvalue weighted by atomic mass is 9.83. The van der Waals surface area contributed by atoms with Gasteiger partial charge in [-0.25, -0.2) is 0 Å². The molecule has 0 radical (unpaired) electrons. The maximum Gasteiger partial charge on any atom is 0.324 e. The van der Waals surface area contributed by atoms with Crippen molar-refractivity contribution in [2.24, 2.45) is 11.8 Å². The van der Waals surface area contributed by atoms with Gasteiger partial charge in [0.15, 0.2) is 0 Å². The van der Waals surface area contributed by atoms with Crippen molar-refractivity contribution >= 4 is 11.9 Å². The summed E-state index contributed by atoms with van der Waals surface area (Å²) in [6, 6.07) is 3.44. The molecule has 2 aliphatic rings. The third kappa shape index (κ3) is 4.46. The fourth-order valence-corrected chi connectivity index (χ4v) is 5.16. The minimum Gasteiger partial charge on any atom is -0.480 e. The lowest BCUT2D eigenvalue weighted by Crippen LogP contribution is -2.50. The molecule has 2 heterocycles. The first kappa shape index (κ1) is 21.7. The summed E-state index contributed by atoms with van der Waals surface area (Å²) in [6.45, 7) is 4.02. The molecule has 1 saturated carbocycles. The molecule has 2 fully saturated rings. The van der Waals surface area contributed by atoms with Crippen LogP contribution in [0.4, 0.5) is 0 Å². The van der Waals surface area contributed by atoms with Crippen LogP contribution in [0.25, 0.3) is 0 Å². The highest BCUT2D eigenvalue weighted by atomic mass is 16.4. The molecule has 1 aromatic rings. The van der Waals surface area contributed by atoms with Crippen molar-refractivity contribution in [1.29, 1.82) is 0 Å². The zero-order chi connectivity index (χ0) is 21.2. The number of amides is 1. The number of aromatic nitrogens is 1. The van der Waals surface area contributed by atoms with E-state index in [2.05, 4.69) is 10.3 Å². The Morgan fingerprint density at radius 2 is 2.00 bits per heavy atom. The smallest absolute Gasteiger partial charge is 0.324 e. The molecule has 7 heteroatoms. The van der Waals surface area contributed by atoms with Crippen molar-refractivity contribution in [1.82, 2.24) is 15.2 Å². The standard InChI is InChI=1S/C22H33N3O4/c1-14(2)11-22(21(28)29)12-18(19(25(22)3)15-5-4-10-23-13-15)20(27)24-16-6-8-17(26)9-7-16/h4-5,10,13-14,16-19,26H,6-9,11-12H2,1-3H3,(H,24,27)(H,28,29)/t16?,17?,18-,19-,22-/m1/s1. The first-order valence-corrected chi connectivity index (χ1v) is 10.6. The molecule has 7 nitrogen and oxygen atoms in total. The number of carbonyl (C=O) groups is 2. The second-order valence-electron chi connectivity index (χ2n) is 9.10. The molecule has 0 bridgehead atoms. The summed E-state index contributed by atoms with van der Waals surface area (Å²) in [6.07, 6.45) is 6.76. The summed E-state index contributed by atoms with van der Waals surface area (Å²) in [5, 5.41) is 23.0. The Morgan fingerprint density at radius 1 is 1.31 bits per heavy atom. The zero-order valence-electron chi connectivity index (χ0n) is 17.5. The van der Waals surface area contributed by atoms with Crippen LogP contribution < -0.4 is 5.32 Å². The Morgan fingerprint density at radius 3 is 2.55 bits per heavy atom. The average Bonchev–Trinajstić information content (AvgIpc) is 2.97. The maximum atomic E-state index is 13.3. The summed E-state index contributed by atoms with van der Waals surface area (Å²) in [7, 11) is 1.82. The number of aliphatic carboxylic acids is 1. The van der Waals surface area contributed by atoms with Crippen LogP contribution in [0.2, 0.25) is 0 Å². The summed E-state index contributed by atoms with van der Waals surface area (Å²) in [5.74, 6) is -1.26. The zero-order valence-corrected chi connectivity index (χ0v) is 17.5. The quantitative estimate of drug-likeness (QED) is 0.674. The Labute approximate surface area is 172 Å². The largest absolute Gasteiger partial charge is 0.480 e. The van der Waals surface area contributed by atoms with E-state index in [-0.39, 0.29) is 36.4 Å². The minimum atomic E-state index is -1.08. The third-order valence-corrected chi connectivity index (χ3v) is 6.58. The second-order valence-corrected chi connectivity index (χ2v) is 9.10. The van der Waals surface area contributed by atoms with E-state index < -0.39 is 17.4 Å². The molecule has 1 aliphatic carbocycles. The SMILES string of the molecule is CC(C)C[C@]1(C(=O)O)C[C@@H](C(=O)NC2CCC(O)CC2)[C@@H](c2cccnc2)N1C. The summed E-state index contributed by atoms with van der Waals surface area (Å²) in [5.41, 5.74) is -0.222. The van der Waals surface area contributed by atoms with E-state index in [1.54, 1.807) is 12.4 Å². The van der Waals surface area contributed by atoms with Crippen LogP contribution in [0.1, 0.15) is 64.0 Å². The van der Waals surface area contributed by atoms with Crippen molar-refractivity contribution in [2.45, 2.75) is 76.1 Å². The number of carboxylic acid groups (broad SMARTS) is 1. The van der Waals surface area contributed by atoms with Crippen LogP contribution in [-0.2, 0) is 9.59 Å². The Hall–Kier alpha value is -1.99. The first-order valence-electron chi connectivity index (χ1n) is 10.6. The molecule has 3 N–H and O–H groups in total. The molecule has 29 heavy (non-hydrogen) atoms. The van der Waals surface area contributed by atoms with E-state index in [0.29, 0.717) is 19.3 Å². The van der Waals surface area contributed by atoms with Crippen molar-refractivity contribution in [3.63, 3.8) is 0 Å². The van der Waals surface area contributed by atoms with Crippen LogP contribution in [0.5, 0.6) is 0 Å². The number of likely N-dealkylation sites (N-methyl/N-ethyl adjacent to an activating group) is 1. The lowest BCUT2D eigenvalue weighted by molar-refractivity contribution is -0.151. The van der Waals surface area contributed by atoms with Gasteiger partial charge in [-0.05, 0) is 63.1 Å². The maximum absolute atomic E-state index is 13.3. The van der Waals surface area contributed by atoms with Gasteiger partial charge in [-0.1, -0.05) is 19.9 Å². The van der Waals surface area contributed by atoms with E-state index in [0.717, 1.165) is 18.4 Å². The van der Waals surface area contributed by atoms with E-state index in [1.807, 2.05) is 37.9 Å². The van der Waals surface area contributed by atoms with Gasteiger partial charge in [0, 0.05) is 24.5 Å². The minimum absolute atomic E-state index is 0.0377. The number of nitrogens with zero attached hydrogens (tertiary/aromatic N) is 2. The summed E-state index contributed by atoms with van der Waals surface area (Å²) < 4.78 is 0. The average molecular weight is 404 g/mol. The van der Waals surface area contributed by atoms with Crippen LogP contribution in [0.15, 0.2) is 24.5 Å². The first-order chi connectivity index (χ1) is 13.7. The van der Waals surface area contributed by atoms with Gasteiger partial charge < -0.3 is 15.5 Å². The number of carboxylic acids is 1. The highest BCUT2D eigenvalue weighted by Gasteiger charge is 2.57. The van der Waals surface area contributed by atoms with Crippen molar-refractivity contribution in [3.8, 4) is 0 Å². The Bertz CT molecular complexity index is 718. The van der Waals surface area contributed by atoms with Gasteiger partial charge in [0.25, 0.3) is 0 Å². The van der Waals surface area contributed by atoms with Gasteiger partial charge in [0.05, 0.1) is 12.0 Å². The predicted molar refractivity (Wildman–Crippen MR) is 109 cm³/mol. The molecule has 1 amide bonds. The molecule has 0 spiro atoms. The monoisotopic (exact) mass is 403 g/mol. The van der Waals surface area contributed by atoms with Crippen LogP contribution in [-0.4, -0.2) is 56.7 Å². The number of rotatable bonds is 6. The van der Waals surface area contributed by atoms with Crippen molar-refractivity contribution in [3.05, 3.63) is 30.1 Å². The Balaban J connectivity index is 1.89. The normalized spacial score (nSPS) is 33.0. The number of hydrogen-bond donors (Lipinski definition) is 3. The lowest BCUT2D eigenvalue weighted by Gasteiger charge is -2.36. The molecule has 0 unspecified atom stereocenters. The van der Waals surface area contributed by atoms with Gasteiger partial charge in [0.2, 0.25) is 5.91 Å². The number of likely N-dealkylation sites (tertiary alicyclic amines) is 1. The highest BCUT2D eigenvalue weighted by Crippen LogP contribution is 2.48. The van der Waals surface area contributed by atoms with E-state index in [1.165, 1.54) is 0 Å². The van der Waals surface area contributed by atoms with Gasteiger partial charge in [-0.15, -0.1) is 0 Å². The number of nitrogens with one attached hydrogen (secondary N) is 1. The molecule has 3 rings (SSSR count). The molecule has 1 aliphatic heterocycles.